The van der Waals surface area contributed by atoms with E-state index in [2.05, 4.69) is 0 Å². The van der Waals surface area contributed by atoms with Gasteiger partial charge in [0.1, 0.15) is 11.3 Å². The van der Waals surface area contributed by atoms with Crippen molar-refractivity contribution in [1.82, 2.24) is 0 Å². The van der Waals surface area contributed by atoms with E-state index in [-0.39, 0.29) is 5.56 Å². The second kappa shape index (κ2) is 6.82. The Bertz CT molecular complexity index is 441. The first-order valence-electron chi connectivity index (χ1n) is 6.42. The summed E-state index contributed by atoms with van der Waals surface area (Å²) in [5.41, 5.74) is 0.272. The van der Waals surface area contributed by atoms with Crippen LogP contribution in [0, 0.1) is 5.92 Å². The molecule has 1 unspecified atom stereocenters. The van der Waals surface area contributed by atoms with Crippen LogP contribution in [0.15, 0.2) is 23.1 Å². The van der Waals surface area contributed by atoms with Crippen molar-refractivity contribution in [2.45, 2.75) is 18.2 Å². The van der Waals surface area contributed by atoms with Crippen molar-refractivity contribution >= 4 is 17.7 Å². The number of thioether (sulfide) groups is 1. The molecule has 0 aromatic heterocycles. The van der Waals surface area contributed by atoms with Gasteiger partial charge >= 0.3 is 5.97 Å². The van der Waals surface area contributed by atoms with Crippen LogP contribution >= 0.6 is 11.8 Å². The fourth-order valence-electron chi connectivity index (χ4n) is 2.04. The number of hydrogen-bond acceptors (Lipinski definition) is 4. The molecule has 1 N–H and O–H groups in total. The monoisotopic (exact) mass is 282 g/mol. The topological polar surface area (TPSA) is 55.8 Å². The molecule has 0 radical (unpaired) electrons. The molecule has 0 amide bonds. The lowest BCUT2D eigenvalue weighted by atomic mass is 10.1. The van der Waals surface area contributed by atoms with Crippen LogP contribution in [0.25, 0.3) is 0 Å². The van der Waals surface area contributed by atoms with Gasteiger partial charge in [-0.1, -0.05) is 13.0 Å². The molecule has 2 rings (SSSR count). The molecule has 5 heteroatoms. The molecule has 19 heavy (non-hydrogen) atoms. The Balaban J connectivity index is 2.13. The third-order valence-electron chi connectivity index (χ3n) is 3.00. The zero-order valence-electron chi connectivity index (χ0n) is 10.9. The molecule has 1 aliphatic heterocycles. The number of carboxylic acids is 1. The lowest BCUT2D eigenvalue weighted by molar-refractivity contribution is 0.0687. The number of carboxylic acid groups (broad SMARTS) is 1. The summed E-state index contributed by atoms with van der Waals surface area (Å²) < 4.78 is 11.0. The SMILES string of the molecule is CCSc1cccc(OCC2CCOC2)c1C(=O)O. The van der Waals surface area contributed by atoms with Crippen molar-refractivity contribution in [2.24, 2.45) is 5.92 Å². The van der Waals surface area contributed by atoms with Gasteiger partial charge in [0.05, 0.1) is 13.2 Å². The van der Waals surface area contributed by atoms with Gasteiger partial charge in [0.25, 0.3) is 0 Å². The smallest absolute Gasteiger partial charge is 0.340 e. The molecule has 104 valence electrons. The first kappa shape index (κ1) is 14.2. The van der Waals surface area contributed by atoms with Crippen LogP contribution in [-0.2, 0) is 4.74 Å². The van der Waals surface area contributed by atoms with E-state index >= 15 is 0 Å². The fourth-order valence-corrected chi connectivity index (χ4v) is 2.86. The van der Waals surface area contributed by atoms with Crippen molar-refractivity contribution in [3.05, 3.63) is 23.8 Å². The molecule has 0 saturated carbocycles. The predicted octanol–water partition coefficient (Wildman–Crippen LogP) is 2.91. The van der Waals surface area contributed by atoms with Gasteiger partial charge in [0, 0.05) is 17.4 Å². The van der Waals surface area contributed by atoms with Crippen LogP contribution in [0.5, 0.6) is 5.75 Å². The average molecular weight is 282 g/mol. The summed E-state index contributed by atoms with van der Waals surface area (Å²) in [6, 6.07) is 5.38. The number of benzene rings is 1. The van der Waals surface area contributed by atoms with E-state index in [0.29, 0.717) is 24.9 Å². The Morgan fingerprint density at radius 3 is 3.05 bits per heavy atom. The summed E-state index contributed by atoms with van der Waals surface area (Å²) in [5.74, 6) is 0.719. The van der Waals surface area contributed by atoms with Crippen LogP contribution in [0.4, 0.5) is 0 Å². The van der Waals surface area contributed by atoms with Gasteiger partial charge in [0.15, 0.2) is 0 Å². The number of hydrogen-bond donors (Lipinski definition) is 1. The normalized spacial score (nSPS) is 18.5. The zero-order valence-corrected chi connectivity index (χ0v) is 11.7. The minimum atomic E-state index is -0.936. The highest BCUT2D eigenvalue weighted by molar-refractivity contribution is 7.99. The molecule has 1 saturated heterocycles. The highest BCUT2D eigenvalue weighted by Crippen LogP contribution is 2.30. The van der Waals surface area contributed by atoms with Gasteiger partial charge in [-0.05, 0) is 24.3 Å². The van der Waals surface area contributed by atoms with Crippen LogP contribution < -0.4 is 4.74 Å². The molecule has 1 fully saturated rings. The van der Waals surface area contributed by atoms with E-state index in [0.717, 1.165) is 23.7 Å². The molecule has 0 spiro atoms. The van der Waals surface area contributed by atoms with E-state index < -0.39 is 5.97 Å². The Labute approximate surface area is 117 Å². The van der Waals surface area contributed by atoms with Gasteiger partial charge < -0.3 is 14.6 Å². The van der Waals surface area contributed by atoms with Gasteiger partial charge in [-0.15, -0.1) is 11.8 Å². The van der Waals surface area contributed by atoms with Gasteiger partial charge in [0.2, 0.25) is 0 Å². The number of aromatic carboxylic acids is 1. The van der Waals surface area contributed by atoms with E-state index in [9.17, 15) is 9.90 Å². The third-order valence-corrected chi connectivity index (χ3v) is 3.94. The van der Waals surface area contributed by atoms with Gasteiger partial charge in [-0.2, -0.15) is 0 Å². The van der Waals surface area contributed by atoms with Crippen molar-refractivity contribution < 1.29 is 19.4 Å². The maximum Gasteiger partial charge on any atom is 0.340 e. The minimum Gasteiger partial charge on any atom is -0.492 e. The first-order chi connectivity index (χ1) is 9.22. The molecular weight excluding hydrogens is 264 g/mol. The van der Waals surface area contributed by atoms with Crippen molar-refractivity contribution in [1.29, 1.82) is 0 Å². The van der Waals surface area contributed by atoms with E-state index in [1.807, 2.05) is 19.1 Å². The average Bonchev–Trinajstić information content (AvgIpc) is 2.89. The summed E-state index contributed by atoms with van der Waals surface area (Å²) in [4.78, 5) is 12.2. The Morgan fingerprint density at radius 2 is 2.42 bits per heavy atom. The standard InChI is InChI=1S/C14H18O4S/c1-2-19-12-5-3-4-11(13(12)14(15)16)18-9-10-6-7-17-8-10/h3-5,10H,2,6-9H2,1H3,(H,15,16). The Morgan fingerprint density at radius 1 is 1.58 bits per heavy atom. The second-order valence-electron chi connectivity index (χ2n) is 4.41. The highest BCUT2D eigenvalue weighted by Gasteiger charge is 2.20. The Hall–Kier alpha value is -1.20. The van der Waals surface area contributed by atoms with E-state index in [1.165, 1.54) is 11.8 Å². The number of rotatable bonds is 6. The maximum absolute atomic E-state index is 11.4. The Kier molecular flexibility index (Phi) is 5.10. The van der Waals surface area contributed by atoms with Crippen LogP contribution in [-0.4, -0.2) is 36.6 Å². The molecule has 1 aliphatic rings. The molecule has 0 aliphatic carbocycles. The molecule has 1 heterocycles. The van der Waals surface area contributed by atoms with Crippen molar-refractivity contribution in [3.63, 3.8) is 0 Å². The van der Waals surface area contributed by atoms with Crippen LogP contribution in [0.2, 0.25) is 0 Å². The second-order valence-corrected chi connectivity index (χ2v) is 5.71. The van der Waals surface area contributed by atoms with E-state index in [1.54, 1.807) is 6.07 Å². The van der Waals surface area contributed by atoms with Gasteiger partial charge in [-0.3, -0.25) is 0 Å². The molecule has 1 aromatic carbocycles. The zero-order chi connectivity index (χ0) is 13.7. The quantitative estimate of drug-likeness (QED) is 0.813. The van der Waals surface area contributed by atoms with Crippen molar-refractivity contribution in [3.8, 4) is 5.75 Å². The number of carbonyl (C=O) groups is 1. The van der Waals surface area contributed by atoms with Crippen LogP contribution in [0.3, 0.4) is 0 Å². The fraction of sp³-hybridized carbons (Fsp3) is 0.500. The summed E-state index contributed by atoms with van der Waals surface area (Å²) in [6.07, 6.45) is 0.978. The van der Waals surface area contributed by atoms with E-state index in [4.69, 9.17) is 9.47 Å². The highest BCUT2D eigenvalue weighted by atomic mass is 32.2. The third kappa shape index (κ3) is 3.64. The van der Waals surface area contributed by atoms with Crippen molar-refractivity contribution in [2.75, 3.05) is 25.6 Å². The molecule has 1 atom stereocenters. The molecule has 4 nitrogen and oxygen atoms in total. The lowest BCUT2D eigenvalue weighted by Crippen LogP contribution is -2.14. The summed E-state index contributed by atoms with van der Waals surface area (Å²) in [7, 11) is 0. The first-order valence-corrected chi connectivity index (χ1v) is 7.40. The maximum atomic E-state index is 11.4. The number of ether oxygens (including phenoxy) is 2. The minimum absolute atomic E-state index is 0.272. The summed E-state index contributed by atoms with van der Waals surface area (Å²) in [6.45, 7) is 3.98. The predicted molar refractivity (Wildman–Crippen MR) is 74.2 cm³/mol. The largest absolute Gasteiger partial charge is 0.492 e. The summed E-state index contributed by atoms with van der Waals surface area (Å²) in [5, 5.41) is 9.35. The summed E-state index contributed by atoms with van der Waals surface area (Å²) >= 11 is 1.52. The molecular formula is C14H18O4S. The lowest BCUT2D eigenvalue weighted by Gasteiger charge is -2.14. The van der Waals surface area contributed by atoms with Gasteiger partial charge in [-0.25, -0.2) is 4.79 Å². The molecule has 0 bridgehead atoms. The van der Waals surface area contributed by atoms with Crippen LogP contribution in [0.1, 0.15) is 23.7 Å². The molecule has 1 aromatic rings.